The Balaban J connectivity index is 1.26. The molecule has 29 heavy (non-hydrogen) atoms. The highest BCUT2D eigenvalue weighted by molar-refractivity contribution is 7.99. The molecule has 1 N–H and O–H groups in total. The third-order valence-electron chi connectivity index (χ3n) is 5.10. The van der Waals surface area contributed by atoms with Gasteiger partial charge in [0.05, 0.1) is 5.69 Å². The number of rotatable bonds is 6. The quantitative estimate of drug-likeness (QED) is 0.386. The number of nitrogens with zero attached hydrogens (tertiary/aromatic N) is 5. The SMILES string of the molecule is CN=C(NCc1ccc(-n2cncn2)cc1)N1CCC(CSc2ccccc2)C1. The number of aromatic nitrogens is 3. The number of guanidine groups is 1. The van der Waals surface area contributed by atoms with Crippen LogP contribution in [0.1, 0.15) is 12.0 Å². The van der Waals surface area contributed by atoms with Crippen LogP contribution in [0.5, 0.6) is 0 Å². The fourth-order valence-corrected chi connectivity index (χ4v) is 4.56. The van der Waals surface area contributed by atoms with Crippen molar-refractivity contribution < 1.29 is 0 Å². The summed E-state index contributed by atoms with van der Waals surface area (Å²) in [6.07, 6.45) is 4.46. The Morgan fingerprint density at radius 1 is 1.17 bits per heavy atom. The van der Waals surface area contributed by atoms with E-state index in [1.807, 2.05) is 18.8 Å². The lowest BCUT2D eigenvalue weighted by atomic mass is 10.2. The van der Waals surface area contributed by atoms with E-state index in [1.54, 1.807) is 17.3 Å². The van der Waals surface area contributed by atoms with Crippen molar-refractivity contribution in [3.8, 4) is 5.69 Å². The van der Waals surface area contributed by atoms with Crippen molar-refractivity contribution in [2.45, 2.75) is 17.9 Å². The predicted molar refractivity (Wildman–Crippen MR) is 118 cm³/mol. The molecule has 7 heteroatoms. The van der Waals surface area contributed by atoms with Crippen molar-refractivity contribution in [3.63, 3.8) is 0 Å². The lowest BCUT2D eigenvalue weighted by Gasteiger charge is -2.22. The van der Waals surface area contributed by atoms with Gasteiger partial charge >= 0.3 is 0 Å². The molecule has 1 unspecified atom stereocenters. The fraction of sp³-hybridized carbons (Fsp3) is 0.318. The van der Waals surface area contributed by atoms with Crippen LogP contribution in [-0.2, 0) is 6.54 Å². The molecule has 6 nitrogen and oxygen atoms in total. The molecule has 1 fully saturated rings. The van der Waals surface area contributed by atoms with Crippen molar-refractivity contribution in [2.24, 2.45) is 10.9 Å². The highest BCUT2D eigenvalue weighted by atomic mass is 32.2. The largest absolute Gasteiger partial charge is 0.352 e. The van der Waals surface area contributed by atoms with Gasteiger partial charge < -0.3 is 10.2 Å². The van der Waals surface area contributed by atoms with E-state index in [2.05, 4.69) is 79.9 Å². The van der Waals surface area contributed by atoms with Crippen molar-refractivity contribution in [2.75, 3.05) is 25.9 Å². The van der Waals surface area contributed by atoms with Crippen LogP contribution >= 0.6 is 11.8 Å². The Morgan fingerprint density at radius 2 is 2.00 bits per heavy atom. The van der Waals surface area contributed by atoms with Crippen molar-refractivity contribution in [1.29, 1.82) is 0 Å². The van der Waals surface area contributed by atoms with Gasteiger partial charge in [-0.2, -0.15) is 5.10 Å². The van der Waals surface area contributed by atoms with Crippen LogP contribution in [0.4, 0.5) is 0 Å². The Hall–Kier alpha value is -2.80. The zero-order chi connectivity index (χ0) is 19.9. The third-order valence-corrected chi connectivity index (χ3v) is 6.34. The number of hydrogen-bond donors (Lipinski definition) is 1. The Kier molecular flexibility index (Phi) is 6.46. The number of aliphatic imine (C=N–C) groups is 1. The molecule has 1 aliphatic heterocycles. The van der Waals surface area contributed by atoms with Crippen molar-refractivity contribution in [1.82, 2.24) is 25.0 Å². The van der Waals surface area contributed by atoms with Gasteiger partial charge in [0, 0.05) is 37.3 Å². The summed E-state index contributed by atoms with van der Waals surface area (Å²) in [6.45, 7) is 2.87. The normalized spacial score (nSPS) is 16.9. The van der Waals surface area contributed by atoms with Gasteiger partial charge in [0.1, 0.15) is 12.7 Å². The minimum Gasteiger partial charge on any atom is -0.352 e. The van der Waals surface area contributed by atoms with Crippen LogP contribution in [0.2, 0.25) is 0 Å². The molecule has 1 saturated heterocycles. The van der Waals surface area contributed by atoms with Gasteiger partial charge in [-0.05, 0) is 42.2 Å². The zero-order valence-electron chi connectivity index (χ0n) is 16.6. The summed E-state index contributed by atoms with van der Waals surface area (Å²) in [5, 5.41) is 7.67. The number of benzene rings is 2. The Morgan fingerprint density at radius 3 is 2.72 bits per heavy atom. The van der Waals surface area contributed by atoms with E-state index in [-0.39, 0.29) is 0 Å². The maximum atomic E-state index is 4.50. The molecular formula is C22H26N6S. The van der Waals surface area contributed by atoms with Gasteiger partial charge in [-0.25, -0.2) is 9.67 Å². The molecule has 0 bridgehead atoms. The summed E-state index contributed by atoms with van der Waals surface area (Å²) in [5.41, 5.74) is 2.22. The standard InChI is InChI=1S/C22H26N6S/c1-23-22(25-13-18-7-9-20(10-8-18)28-17-24-16-26-28)27-12-11-19(14-27)15-29-21-5-3-2-4-6-21/h2-10,16-17,19H,11-15H2,1H3,(H,23,25). The molecule has 150 valence electrons. The number of thioether (sulfide) groups is 1. The fourth-order valence-electron chi connectivity index (χ4n) is 3.51. The first kappa shape index (κ1) is 19.5. The second kappa shape index (κ2) is 9.60. The van der Waals surface area contributed by atoms with Gasteiger partial charge in [0.25, 0.3) is 0 Å². The molecule has 1 aromatic heterocycles. The summed E-state index contributed by atoms with van der Waals surface area (Å²) in [7, 11) is 1.86. The highest BCUT2D eigenvalue weighted by Crippen LogP contribution is 2.25. The van der Waals surface area contributed by atoms with Crippen LogP contribution in [0.3, 0.4) is 0 Å². The van der Waals surface area contributed by atoms with Crippen LogP contribution < -0.4 is 5.32 Å². The van der Waals surface area contributed by atoms with Gasteiger partial charge in [0.2, 0.25) is 0 Å². The first-order valence-corrected chi connectivity index (χ1v) is 10.9. The number of hydrogen-bond acceptors (Lipinski definition) is 4. The van der Waals surface area contributed by atoms with E-state index in [1.165, 1.54) is 16.9 Å². The molecule has 0 spiro atoms. The lowest BCUT2D eigenvalue weighted by Crippen LogP contribution is -2.39. The van der Waals surface area contributed by atoms with Crippen LogP contribution in [0.25, 0.3) is 5.69 Å². The Labute approximate surface area is 176 Å². The second-order valence-corrected chi connectivity index (χ2v) is 8.23. The summed E-state index contributed by atoms with van der Waals surface area (Å²) in [4.78, 5) is 12.2. The number of likely N-dealkylation sites (tertiary alicyclic amines) is 1. The first-order valence-electron chi connectivity index (χ1n) is 9.89. The minimum atomic E-state index is 0.695. The minimum absolute atomic E-state index is 0.695. The molecule has 2 heterocycles. The van der Waals surface area contributed by atoms with E-state index < -0.39 is 0 Å². The zero-order valence-corrected chi connectivity index (χ0v) is 17.4. The van der Waals surface area contributed by atoms with Gasteiger partial charge in [0.15, 0.2) is 5.96 Å². The second-order valence-electron chi connectivity index (χ2n) is 7.13. The van der Waals surface area contributed by atoms with Gasteiger partial charge in [-0.1, -0.05) is 30.3 Å². The van der Waals surface area contributed by atoms with E-state index in [4.69, 9.17) is 0 Å². The van der Waals surface area contributed by atoms with Crippen molar-refractivity contribution in [3.05, 3.63) is 72.8 Å². The van der Waals surface area contributed by atoms with Gasteiger partial charge in [-0.15, -0.1) is 11.8 Å². The third kappa shape index (κ3) is 5.17. The van der Waals surface area contributed by atoms with Crippen LogP contribution in [-0.4, -0.2) is 51.5 Å². The molecule has 2 aromatic carbocycles. The summed E-state index contributed by atoms with van der Waals surface area (Å²) < 4.78 is 1.76. The maximum Gasteiger partial charge on any atom is 0.193 e. The summed E-state index contributed by atoms with van der Waals surface area (Å²) in [6, 6.07) is 19.0. The van der Waals surface area contributed by atoms with Crippen LogP contribution in [0.15, 0.2) is 77.1 Å². The summed E-state index contributed by atoms with van der Waals surface area (Å²) >= 11 is 1.95. The molecule has 1 atom stereocenters. The molecular weight excluding hydrogens is 380 g/mol. The molecule has 0 saturated carbocycles. The molecule has 1 aliphatic rings. The average Bonchev–Trinajstić information content (AvgIpc) is 3.47. The topological polar surface area (TPSA) is 58.3 Å². The van der Waals surface area contributed by atoms with Crippen molar-refractivity contribution >= 4 is 17.7 Å². The van der Waals surface area contributed by atoms with Gasteiger partial charge in [-0.3, -0.25) is 4.99 Å². The lowest BCUT2D eigenvalue weighted by molar-refractivity contribution is 0.474. The van der Waals surface area contributed by atoms with E-state index in [9.17, 15) is 0 Å². The molecule has 0 aliphatic carbocycles. The molecule has 0 amide bonds. The van der Waals surface area contributed by atoms with E-state index in [0.29, 0.717) is 5.92 Å². The van der Waals surface area contributed by atoms with E-state index >= 15 is 0 Å². The predicted octanol–water partition coefficient (Wildman–Crippen LogP) is 3.46. The highest BCUT2D eigenvalue weighted by Gasteiger charge is 2.24. The van der Waals surface area contributed by atoms with E-state index in [0.717, 1.165) is 37.0 Å². The Bertz CT molecular complexity index is 908. The average molecular weight is 407 g/mol. The molecule has 4 rings (SSSR count). The monoisotopic (exact) mass is 406 g/mol. The number of nitrogens with one attached hydrogen (secondary N) is 1. The smallest absolute Gasteiger partial charge is 0.193 e. The van der Waals surface area contributed by atoms with Crippen LogP contribution in [0, 0.1) is 5.92 Å². The molecule has 0 radical (unpaired) electrons. The summed E-state index contributed by atoms with van der Waals surface area (Å²) in [5.74, 6) is 2.83. The molecule has 3 aromatic rings. The maximum absolute atomic E-state index is 4.50. The first-order chi connectivity index (χ1) is 14.3.